The van der Waals surface area contributed by atoms with Crippen LogP contribution >= 0.6 is 27.7 Å². The largest absolute Gasteiger partial charge is 0.478 e. The number of benzene rings is 1. The van der Waals surface area contributed by atoms with E-state index in [2.05, 4.69) is 20.9 Å². The summed E-state index contributed by atoms with van der Waals surface area (Å²) in [6.45, 7) is 0. The molecule has 0 spiro atoms. The first-order valence-corrected chi connectivity index (χ1v) is 7.12. The summed E-state index contributed by atoms with van der Waals surface area (Å²) in [4.78, 5) is 15.2. The molecule has 21 heavy (non-hydrogen) atoms. The Morgan fingerprint density at radius 3 is 2.48 bits per heavy atom. The lowest BCUT2D eigenvalue weighted by Crippen LogP contribution is -2.05. The van der Waals surface area contributed by atoms with Crippen molar-refractivity contribution in [2.24, 2.45) is 0 Å². The topological polar surface area (TPSA) is 50.2 Å². The van der Waals surface area contributed by atoms with E-state index in [1.807, 2.05) is 0 Å². The molecule has 0 aliphatic carbocycles. The second kappa shape index (κ2) is 6.07. The molecule has 1 heterocycles. The molecule has 0 atom stereocenters. The minimum absolute atomic E-state index is 0.0601. The van der Waals surface area contributed by atoms with Crippen molar-refractivity contribution in [2.45, 2.75) is 16.1 Å². The van der Waals surface area contributed by atoms with Gasteiger partial charge in [0.25, 0.3) is 0 Å². The number of rotatable bonds is 3. The van der Waals surface area contributed by atoms with E-state index in [1.165, 1.54) is 12.1 Å². The van der Waals surface area contributed by atoms with Crippen LogP contribution in [0.2, 0.25) is 0 Å². The zero-order valence-corrected chi connectivity index (χ0v) is 12.6. The van der Waals surface area contributed by atoms with Crippen molar-refractivity contribution < 1.29 is 23.1 Å². The minimum atomic E-state index is -4.45. The zero-order valence-electron chi connectivity index (χ0n) is 10.2. The first kappa shape index (κ1) is 15.8. The lowest BCUT2D eigenvalue weighted by Gasteiger charge is -2.08. The number of hydrogen-bond acceptors (Lipinski definition) is 3. The molecule has 8 heteroatoms. The van der Waals surface area contributed by atoms with Crippen LogP contribution < -0.4 is 0 Å². The molecular weight excluding hydrogens is 371 g/mol. The van der Waals surface area contributed by atoms with Gasteiger partial charge in [-0.15, -0.1) is 0 Å². The highest BCUT2D eigenvalue weighted by atomic mass is 79.9. The van der Waals surface area contributed by atoms with E-state index in [4.69, 9.17) is 5.11 Å². The summed E-state index contributed by atoms with van der Waals surface area (Å²) >= 11 is 4.21. The van der Waals surface area contributed by atoms with Crippen LogP contribution in [-0.2, 0) is 6.18 Å². The highest BCUT2D eigenvalue weighted by Crippen LogP contribution is 2.34. The highest BCUT2D eigenvalue weighted by molar-refractivity contribution is 9.10. The van der Waals surface area contributed by atoms with Gasteiger partial charge in [0.05, 0.1) is 11.1 Å². The summed E-state index contributed by atoms with van der Waals surface area (Å²) in [6.07, 6.45) is -3.72. The van der Waals surface area contributed by atoms with E-state index in [0.29, 0.717) is 9.37 Å². The normalized spacial score (nSPS) is 11.4. The summed E-state index contributed by atoms with van der Waals surface area (Å²) in [5.74, 6) is -1.11. The van der Waals surface area contributed by atoms with Crippen molar-refractivity contribution in [1.82, 2.24) is 4.98 Å². The number of carbonyl (C=O) groups is 1. The molecule has 0 fully saturated rings. The number of carboxylic acids is 1. The van der Waals surface area contributed by atoms with Gasteiger partial charge in [-0.1, -0.05) is 27.7 Å². The number of halogens is 4. The first-order valence-electron chi connectivity index (χ1n) is 5.51. The van der Waals surface area contributed by atoms with Gasteiger partial charge in [0, 0.05) is 15.6 Å². The average Bonchev–Trinajstić information content (AvgIpc) is 2.38. The predicted octanol–water partition coefficient (Wildman–Crippen LogP) is 4.71. The van der Waals surface area contributed by atoms with Crippen LogP contribution in [0.1, 0.15) is 15.9 Å². The lowest BCUT2D eigenvalue weighted by molar-refractivity contribution is -0.137. The highest BCUT2D eigenvalue weighted by Gasteiger charge is 2.30. The molecule has 0 radical (unpaired) electrons. The van der Waals surface area contributed by atoms with E-state index in [9.17, 15) is 18.0 Å². The van der Waals surface area contributed by atoms with Crippen molar-refractivity contribution in [3.8, 4) is 0 Å². The van der Waals surface area contributed by atoms with Gasteiger partial charge in [0.2, 0.25) is 0 Å². The second-order valence-corrected chi connectivity index (χ2v) is 5.91. The smallest absolute Gasteiger partial charge is 0.417 e. The van der Waals surface area contributed by atoms with E-state index in [1.54, 1.807) is 12.1 Å². The van der Waals surface area contributed by atoms with Crippen LogP contribution in [0.3, 0.4) is 0 Å². The Labute approximate surface area is 130 Å². The third-order valence-electron chi connectivity index (χ3n) is 2.45. The fourth-order valence-electron chi connectivity index (χ4n) is 1.48. The molecule has 110 valence electrons. The Bertz CT molecular complexity index is 674. The Morgan fingerprint density at radius 1 is 1.24 bits per heavy atom. The molecule has 0 unspecified atom stereocenters. The first-order chi connectivity index (χ1) is 9.77. The molecule has 3 nitrogen and oxygen atoms in total. The van der Waals surface area contributed by atoms with Gasteiger partial charge < -0.3 is 5.11 Å². The number of nitrogens with zero attached hydrogens (tertiary/aromatic N) is 1. The van der Waals surface area contributed by atoms with Gasteiger partial charge in [-0.05, 0) is 30.3 Å². The molecule has 2 aromatic rings. The van der Waals surface area contributed by atoms with Gasteiger partial charge in [-0.25, -0.2) is 9.78 Å². The zero-order chi connectivity index (χ0) is 15.6. The molecule has 2 rings (SSSR count). The Morgan fingerprint density at radius 2 is 1.95 bits per heavy atom. The van der Waals surface area contributed by atoms with E-state index in [-0.39, 0.29) is 10.6 Å². The third-order valence-corrected chi connectivity index (χ3v) is 3.95. The summed E-state index contributed by atoms with van der Waals surface area (Å²) in [6, 6.07) is 6.69. The molecule has 1 aromatic carbocycles. The fourth-order valence-corrected chi connectivity index (χ4v) is 2.91. The number of pyridine rings is 1. The third kappa shape index (κ3) is 3.98. The van der Waals surface area contributed by atoms with Gasteiger partial charge in [-0.3, -0.25) is 0 Å². The van der Waals surface area contributed by atoms with Crippen LogP contribution in [0.25, 0.3) is 0 Å². The van der Waals surface area contributed by atoms with E-state index >= 15 is 0 Å². The van der Waals surface area contributed by atoms with Crippen molar-refractivity contribution in [2.75, 3.05) is 0 Å². The van der Waals surface area contributed by atoms with Crippen LogP contribution in [0.15, 0.2) is 50.9 Å². The van der Waals surface area contributed by atoms with Crippen molar-refractivity contribution in [1.29, 1.82) is 0 Å². The molecule has 0 saturated carbocycles. The molecule has 1 N–H and O–H groups in total. The average molecular weight is 378 g/mol. The Hall–Kier alpha value is -1.54. The van der Waals surface area contributed by atoms with E-state index in [0.717, 1.165) is 24.0 Å². The van der Waals surface area contributed by atoms with Gasteiger partial charge in [0.15, 0.2) is 0 Å². The minimum Gasteiger partial charge on any atom is -0.478 e. The molecule has 0 saturated heterocycles. The van der Waals surface area contributed by atoms with Crippen LogP contribution in [0, 0.1) is 0 Å². The SMILES string of the molecule is O=C(O)c1ccc(Br)cc1Sc1ccc(C(F)(F)F)cn1. The predicted molar refractivity (Wildman–Crippen MR) is 74.5 cm³/mol. The summed E-state index contributed by atoms with van der Waals surface area (Å²) in [5.41, 5.74) is -0.788. The quantitative estimate of drug-likeness (QED) is 0.841. The van der Waals surface area contributed by atoms with Crippen LogP contribution in [0.4, 0.5) is 13.2 Å². The monoisotopic (exact) mass is 377 g/mol. The fraction of sp³-hybridized carbons (Fsp3) is 0.0769. The number of aromatic nitrogens is 1. The van der Waals surface area contributed by atoms with Crippen molar-refractivity contribution in [3.05, 3.63) is 52.1 Å². The lowest BCUT2D eigenvalue weighted by atomic mass is 10.2. The van der Waals surface area contributed by atoms with Crippen molar-refractivity contribution in [3.63, 3.8) is 0 Å². The number of hydrogen-bond donors (Lipinski definition) is 1. The summed E-state index contributed by atoms with van der Waals surface area (Å²) in [7, 11) is 0. The van der Waals surface area contributed by atoms with Crippen LogP contribution in [0.5, 0.6) is 0 Å². The van der Waals surface area contributed by atoms with Crippen molar-refractivity contribution >= 4 is 33.7 Å². The van der Waals surface area contributed by atoms with Gasteiger partial charge in [0.1, 0.15) is 5.03 Å². The van der Waals surface area contributed by atoms with Gasteiger partial charge >= 0.3 is 12.1 Å². The Kier molecular flexibility index (Phi) is 4.58. The summed E-state index contributed by atoms with van der Waals surface area (Å²) < 4.78 is 38.0. The second-order valence-electron chi connectivity index (χ2n) is 3.93. The summed E-state index contributed by atoms with van der Waals surface area (Å²) in [5, 5.41) is 9.37. The molecule has 0 aliphatic rings. The Balaban J connectivity index is 2.30. The number of aromatic carboxylic acids is 1. The maximum absolute atomic E-state index is 12.4. The molecule has 0 amide bonds. The van der Waals surface area contributed by atoms with E-state index < -0.39 is 17.7 Å². The molecule has 0 aliphatic heterocycles. The number of alkyl halides is 3. The maximum atomic E-state index is 12.4. The van der Waals surface area contributed by atoms with Crippen LogP contribution in [-0.4, -0.2) is 16.1 Å². The van der Waals surface area contributed by atoms with Gasteiger partial charge in [-0.2, -0.15) is 13.2 Å². The molecular formula is C13H7BrF3NO2S. The molecule has 0 bridgehead atoms. The number of carboxylic acid groups (broad SMARTS) is 1. The molecule has 1 aromatic heterocycles. The maximum Gasteiger partial charge on any atom is 0.417 e. The standard InChI is InChI=1S/C13H7BrF3NO2S/c14-8-2-3-9(12(19)20)10(5-8)21-11-4-1-7(6-18-11)13(15,16)17/h1-6H,(H,19,20).